The van der Waals surface area contributed by atoms with Crippen molar-refractivity contribution in [2.75, 3.05) is 20.8 Å². The number of likely N-dealkylation sites (tertiary alicyclic amines) is 1. The lowest BCUT2D eigenvalue weighted by molar-refractivity contribution is 0.0701. The molecular formula is C24H29NO3. The van der Waals surface area contributed by atoms with Gasteiger partial charge in [0.15, 0.2) is 17.3 Å². The second kappa shape index (κ2) is 7.96. The van der Waals surface area contributed by atoms with E-state index in [1.165, 1.54) is 5.56 Å². The van der Waals surface area contributed by atoms with Gasteiger partial charge in [0.2, 0.25) is 0 Å². The molecule has 1 aliphatic carbocycles. The minimum absolute atomic E-state index is 0.0909. The Hall–Kier alpha value is -2.33. The summed E-state index contributed by atoms with van der Waals surface area (Å²) in [5.41, 5.74) is 3.28. The molecule has 0 aromatic heterocycles. The van der Waals surface area contributed by atoms with Gasteiger partial charge in [0, 0.05) is 24.1 Å². The van der Waals surface area contributed by atoms with E-state index in [9.17, 15) is 4.79 Å². The lowest BCUT2D eigenvalue weighted by Gasteiger charge is -2.39. The van der Waals surface area contributed by atoms with Gasteiger partial charge in [-0.15, -0.1) is 0 Å². The number of carbonyl (C=O) groups excluding carboxylic acids is 1. The second-order valence-corrected chi connectivity index (χ2v) is 8.13. The maximum atomic E-state index is 13.1. The first-order chi connectivity index (χ1) is 13.6. The first kappa shape index (κ1) is 19.0. The van der Waals surface area contributed by atoms with E-state index in [-0.39, 0.29) is 11.7 Å². The van der Waals surface area contributed by atoms with Gasteiger partial charge in [0.25, 0.3) is 0 Å². The van der Waals surface area contributed by atoms with Gasteiger partial charge in [0.05, 0.1) is 14.2 Å². The van der Waals surface area contributed by atoms with E-state index in [1.807, 2.05) is 12.1 Å². The van der Waals surface area contributed by atoms with Crippen molar-refractivity contribution in [1.29, 1.82) is 0 Å². The number of ether oxygens (including phenoxy) is 2. The minimum atomic E-state index is 0.0909. The Labute approximate surface area is 167 Å². The van der Waals surface area contributed by atoms with Crippen LogP contribution in [0.1, 0.15) is 41.3 Å². The largest absolute Gasteiger partial charge is 0.493 e. The van der Waals surface area contributed by atoms with Gasteiger partial charge in [-0.1, -0.05) is 30.3 Å². The van der Waals surface area contributed by atoms with E-state index in [0.717, 1.165) is 43.5 Å². The number of hydrogen-bond acceptors (Lipinski definition) is 4. The van der Waals surface area contributed by atoms with Crippen molar-refractivity contribution in [3.63, 3.8) is 0 Å². The van der Waals surface area contributed by atoms with Gasteiger partial charge in [0.1, 0.15) is 0 Å². The molecule has 2 aromatic carbocycles. The van der Waals surface area contributed by atoms with Crippen LogP contribution in [-0.4, -0.2) is 37.5 Å². The normalized spacial score (nSPS) is 24.8. The summed E-state index contributed by atoms with van der Waals surface area (Å²) in [6.45, 7) is 4.34. The Morgan fingerprint density at radius 1 is 1.07 bits per heavy atom. The Morgan fingerprint density at radius 2 is 1.79 bits per heavy atom. The third-order valence-corrected chi connectivity index (χ3v) is 6.50. The molecule has 0 saturated carbocycles. The minimum Gasteiger partial charge on any atom is -0.493 e. The Bertz CT molecular complexity index is 848. The van der Waals surface area contributed by atoms with Crippen molar-refractivity contribution >= 4 is 5.78 Å². The Morgan fingerprint density at radius 3 is 2.46 bits per heavy atom. The molecule has 148 valence electrons. The maximum absolute atomic E-state index is 13.1. The molecule has 0 bridgehead atoms. The number of carbonyl (C=O) groups is 1. The van der Waals surface area contributed by atoms with Crippen LogP contribution < -0.4 is 9.47 Å². The molecule has 1 fully saturated rings. The van der Waals surface area contributed by atoms with Crippen LogP contribution in [0.15, 0.2) is 42.5 Å². The number of piperidine rings is 1. The van der Waals surface area contributed by atoms with Crippen LogP contribution in [-0.2, 0) is 13.0 Å². The molecule has 0 spiro atoms. The average molecular weight is 380 g/mol. The van der Waals surface area contributed by atoms with E-state index in [0.29, 0.717) is 23.5 Å². The number of rotatable bonds is 5. The summed E-state index contributed by atoms with van der Waals surface area (Å²) in [4.78, 5) is 15.7. The van der Waals surface area contributed by atoms with Gasteiger partial charge >= 0.3 is 0 Å². The van der Waals surface area contributed by atoms with Gasteiger partial charge in [-0.25, -0.2) is 0 Å². The smallest absolute Gasteiger partial charge is 0.166 e. The number of hydrogen-bond donors (Lipinski definition) is 0. The van der Waals surface area contributed by atoms with Crippen molar-refractivity contribution < 1.29 is 14.3 Å². The van der Waals surface area contributed by atoms with Crippen LogP contribution >= 0.6 is 0 Å². The van der Waals surface area contributed by atoms with Crippen LogP contribution in [0.25, 0.3) is 0 Å². The van der Waals surface area contributed by atoms with E-state index >= 15 is 0 Å². The second-order valence-electron chi connectivity index (χ2n) is 8.13. The summed E-state index contributed by atoms with van der Waals surface area (Å²) in [6, 6.07) is 15.0. The molecule has 1 aliphatic heterocycles. The molecule has 3 atom stereocenters. The fourth-order valence-electron chi connectivity index (χ4n) is 4.90. The molecule has 2 aromatic rings. The van der Waals surface area contributed by atoms with Crippen molar-refractivity contribution in [1.82, 2.24) is 4.90 Å². The summed E-state index contributed by atoms with van der Waals surface area (Å²) in [5, 5.41) is 0. The Kier molecular flexibility index (Phi) is 5.40. The molecule has 0 N–H and O–H groups in total. The maximum Gasteiger partial charge on any atom is 0.166 e. The highest BCUT2D eigenvalue weighted by atomic mass is 16.5. The number of methoxy groups -OCH3 is 2. The zero-order chi connectivity index (χ0) is 19.7. The van der Waals surface area contributed by atoms with Crippen LogP contribution in [0.3, 0.4) is 0 Å². The summed E-state index contributed by atoms with van der Waals surface area (Å²) < 4.78 is 10.8. The molecule has 4 rings (SSSR count). The molecule has 1 saturated heterocycles. The molecule has 2 aliphatic rings. The van der Waals surface area contributed by atoms with Crippen LogP contribution in [0.5, 0.6) is 11.5 Å². The highest BCUT2D eigenvalue weighted by Crippen LogP contribution is 2.42. The highest BCUT2D eigenvalue weighted by Gasteiger charge is 2.40. The van der Waals surface area contributed by atoms with Gasteiger partial charge in [-0.05, 0) is 61.9 Å². The number of fused-ring (bicyclic) bond motifs is 1. The van der Waals surface area contributed by atoms with Crippen LogP contribution in [0.2, 0.25) is 0 Å². The van der Waals surface area contributed by atoms with Gasteiger partial charge in [-0.2, -0.15) is 0 Å². The molecule has 3 unspecified atom stereocenters. The molecule has 4 heteroatoms. The molecule has 28 heavy (non-hydrogen) atoms. The third kappa shape index (κ3) is 3.53. The zero-order valence-electron chi connectivity index (χ0n) is 17.0. The topological polar surface area (TPSA) is 38.8 Å². The van der Waals surface area contributed by atoms with Crippen molar-refractivity contribution in [3.8, 4) is 11.5 Å². The monoisotopic (exact) mass is 379 g/mol. The molecular weight excluding hydrogens is 350 g/mol. The van der Waals surface area contributed by atoms with Crippen molar-refractivity contribution in [2.45, 2.75) is 38.8 Å². The standard InChI is InChI=1S/C24H29NO3/c1-16-11-18(9-10-25(16)15-17-7-5-4-6-8-17)20-12-19-13-22(27-2)23(28-3)14-21(19)24(20)26/h4-8,13-14,16,18,20H,9-12,15H2,1-3H3. The average Bonchev–Trinajstić information content (AvgIpc) is 3.05. The first-order valence-electron chi connectivity index (χ1n) is 10.2. The quantitative estimate of drug-likeness (QED) is 0.774. The number of nitrogens with zero attached hydrogens (tertiary/aromatic N) is 1. The van der Waals surface area contributed by atoms with E-state index < -0.39 is 0 Å². The molecule has 4 nitrogen and oxygen atoms in total. The lowest BCUT2D eigenvalue weighted by Crippen LogP contribution is -2.42. The van der Waals surface area contributed by atoms with Gasteiger partial charge in [-0.3, -0.25) is 9.69 Å². The highest BCUT2D eigenvalue weighted by molar-refractivity contribution is 6.03. The Balaban J connectivity index is 1.45. The van der Waals surface area contributed by atoms with E-state index in [1.54, 1.807) is 14.2 Å². The van der Waals surface area contributed by atoms with E-state index in [4.69, 9.17) is 9.47 Å². The summed E-state index contributed by atoms with van der Waals surface area (Å²) >= 11 is 0. The first-order valence-corrected chi connectivity index (χ1v) is 10.2. The molecule has 1 heterocycles. The van der Waals surface area contributed by atoms with Crippen LogP contribution in [0, 0.1) is 11.8 Å². The zero-order valence-corrected chi connectivity index (χ0v) is 17.0. The number of benzene rings is 2. The molecule has 0 radical (unpaired) electrons. The van der Waals surface area contributed by atoms with Crippen molar-refractivity contribution in [3.05, 3.63) is 59.2 Å². The summed E-state index contributed by atoms with van der Waals surface area (Å²) in [7, 11) is 3.26. The van der Waals surface area contributed by atoms with E-state index in [2.05, 4.69) is 42.2 Å². The van der Waals surface area contributed by atoms with Crippen LogP contribution in [0.4, 0.5) is 0 Å². The lowest BCUT2D eigenvalue weighted by atomic mass is 9.79. The molecule has 0 amide bonds. The summed E-state index contributed by atoms with van der Waals surface area (Å²) in [5.74, 6) is 2.17. The van der Waals surface area contributed by atoms with Gasteiger partial charge < -0.3 is 9.47 Å². The predicted molar refractivity (Wildman–Crippen MR) is 110 cm³/mol. The number of ketones is 1. The predicted octanol–water partition coefficient (Wildman–Crippen LogP) is 4.36. The third-order valence-electron chi connectivity index (χ3n) is 6.50. The fourth-order valence-corrected chi connectivity index (χ4v) is 4.90. The fraction of sp³-hybridized carbons (Fsp3) is 0.458. The SMILES string of the molecule is COc1cc2c(cc1OC)C(=O)C(C1CCN(Cc3ccccc3)C(C)C1)C2. The summed E-state index contributed by atoms with van der Waals surface area (Å²) in [6.07, 6.45) is 2.98. The number of Topliss-reactive ketones (excluding diaryl/α,β-unsaturated/α-hetero) is 1. The van der Waals surface area contributed by atoms with Crippen molar-refractivity contribution in [2.24, 2.45) is 11.8 Å².